The molecule has 156 valence electrons. The molecule has 1 fully saturated rings. The number of carbonyl (C=O) groups is 2. The monoisotopic (exact) mass is 415 g/mol. The van der Waals surface area contributed by atoms with Crippen molar-refractivity contribution in [1.82, 2.24) is 9.88 Å². The number of H-pyrrole nitrogens is 1. The number of piperidine rings is 1. The Hall–Kier alpha value is -3.49. The minimum atomic E-state index is -0.872. The molecule has 0 bridgehead atoms. The molecule has 0 aliphatic carbocycles. The highest BCUT2D eigenvalue weighted by atomic mass is 19.2. The molecular formula is C21H19F2N3O4. The largest absolute Gasteiger partial charge is 0.417 e. The summed E-state index contributed by atoms with van der Waals surface area (Å²) in [7, 11) is 0. The molecular weight excluding hydrogens is 396 g/mol. The maximum absolute atomic E-state index is 13.4. The van der Waals surface area contributed by atoms with E-state index in [0.29, 0.717) is 49.1 Å². The lowest BCUT2D eigenvalue weighted by atomic mass is 9.90. The van der Waals surface area contributed by atoms with E-state index in [9.17, 15) is 23.2 Å². The number of fused-ring (bicyclic) bond motifs is 1. The highest BCUT2D eigenvalue weighted by Crippen LogP contribution is 2.23. The molecule has 0 unspecified atom stereocenters. The van der Waals surface area contributed by atoms with Gasteiger partial charge in [0.2, 0.25) is 0 Å². The molecule has 1 aliphatic rings. The van der Waals surface area contributed by atoms with Crippen LogP contribution in [0.2, 0.25) is 0 Å². The van der Waals surface area contributed by atoms with Gasteiger partial charge < -0.3 is 14.6 Å². The van der Waals surface area contributed by atoms with Gasteiger partial charge in [0.25, 0.3) is 0 Å². The molecule has 0 radical (unpaired) electrons. The van der Waals surface area contributed by atoms with Gasteiger partial charge in [0.05, 0.1) is 5.52 Å². The molecule has 9 heteroatoms. The summed E-state index contributed by atoms with van der Waals surface area (Å²) in [6, 6.07) is 8.48. The highest BCUT2D eigenvalue weighted by molar-refractivity contribution is 6.39. The summed E-state index contributed by atoms with van der Waals surface area (Å²) in [5, 5.41) is 2.52. The molecule has 2 N–H and O–H groups in total. The van der Waals surface area contributed by atoms with Gasteiger partial charge in [-0.3, -0.25) is 14.6 Å². The van der Waals surface area contributed by atoms with Crippen LogP contribution in [-0.4, -0.2) is 34.8 Å². The lowest BCUT2D eigenvalue weighted by molar-refractivity contribution is -0.144. The van der Waals surface area contributed by atoms with Gasteiger partial charge in [0.15, 0.2) is 17.2 Å². The highest BCUT2D eigenvalue weighted by Gasteiger charge is 2.27. The van der Waals surface area contributed by atoms with E-state index < -0.39 is 29.2 Å². The van der Waals surface area contributed by atoms with Crippen molar-refractivity contribution in [2.45, 2.75) is 19.3 Å². The van der Waals surface area contributed by atoms with E-state index in [1.54, 1.807) is 18.2 Å². The van der Waals surface area contributed by atoms with Crippen molar-refractivity contribution >= 4 is 28.6 Å². The molecule has 0 atom stereocenters. The van der Waals surface area contributed by atoms with Crippen molar-refractivity contribution < 1.29 is 22.8 Å². The summed E-state index contributed by atoms with van der Waals surface area (Å²) < 4.78 is 31.4. The number of oxazole rings is 1. The van der Waals surface area contributed by atoms with Crippen molar-refractivity contribution in [2.75, 3.05) is 18.4 Å². The Labute approximate surface area is 169 Å². The first-order chi connectivity index (χ1) is 14.4. The van der Waals surface area contributed by atoms with Crippen LogP contribution >= 0.6 is 0 Å². The normalized spacial score (nSPS) is 14.8. The molecule has 4 rings (SSSR count). The molecule has 7 nitrogen and oxygen atoms in total. The quantitative estimate of drug-likeness (QED) is 0.643. The summed E-state index contributed by atoms with van der Waals surface area (Å²) in [6.45, 7) is 0.818. The second-order valence-corrected chi connectivity index (χ2v) is 7.37. The fourth-order valence-corrected chi connectivity index (χ4v) is 3.69. The second kappa shape index (κ2) is 8.10. The van der Waals surface area contributed by atoms with Gasteiger partial charge in [-0.25, -0.2) is 13.6 Å². The van der Waals surface area contributed by atoms with Gasteiger partial charge in [-0.15, -0.1) is 0 Å². The number of hydrogen-bond donors (Lipinski definition) is 2. The molecule has 1 aromatic heterocycles. The summed E-state index contributed by atoms with van der Waals surface area (Å²) in [5.74, 6) is -3.53. The van der Waals surface area contributed by atoms with E-state index in [1.165, 1.54) is 17.0 Å². The molecule has 3 aromatic rings. The standard InChI is InChI=1S/C21H19F2N3O4/c22-15-3-1-13(10-16(15)23)9-12-5-7-26(8-6-12)20(28)19(27)24-14-2-4-17-18(11-14)30-21(29)25-17/h1-4,10-12H,5-9H2,(H,24,27)(H,25,29). The zero-order chi connectivity index (χ0) is 21.3. The minimum Gasteiger partial charge on any atom is -0.408 e. The third-order valence-corrected chi connectivity index (χ3v) is 5.28. The number of halogens is 2. The number of likely N-dealkylation sites (tertiary alicyclic amines) is 1. The average Bonchev–Trinajstić information content (AvgIpc) is 3.10. The Bertz CT molecular complexity index is 1160. The number of anilines is 1. The van der Waals surface area contributed by atoms with Gasteiger partial charge in [-0.2, -0.15) is 0 Å². The molecule has 2 heterocycles. The zero-order valence-electron chi connectivity index (χ0n) is 15.9. The van der Waals surface area contributed by atoms with E-state index in [4.69, 9.17) is 4.42 Å². The Morgan fingerprint density at radius 2 is 1.87 bits per heavy atom. The van der Waals surface area contributed by atoms with Crippen LogP contribution in [0.1, 0.15) is 18.4 Å². The van der Waals surface area contributed by atoms with Gasteiger partial charge in [0, 0.05) is 24.8 Å². The fourth-order valence-electron chi connectivity index (χ4n) is 3.69. The van der Waals surface area contributed by atoms with Crippen LogP contribution in [0.4, 0.5) is 14.5 Å². The molecule has 2 amide bonds. The Morgan fingerprint density at radius 3 is 2.60 bits per heavy atom. The van der Waals surface area contributed by atoms with Crippen molar-refractivity contribution in [3.63, 3.8) is 0 Å². The van der Waals surface area contributed by atoms with E-state index >= 15 is 0 Å². The predicted molar refractivity (Wildman–Crippen MR) is 105 cm³/mol. The molecule has 30 heavy (non-hydrogen) atoms. The smallest absolute Gasteiger partial charge is 0.408 e. The van der Waals surface area contributed by atoms with Gasteiger partial charge >= 0.3 is 17.6 Å². The second-order valence-electron chi connectivity index (χ2n) is 7.37. The Balaban J connectivity index is 1.32. The topological polar surface area (TPSA) is 95.4 Å². The van der Waals surface area contributed by atoms with Crippen LogP contribution in [-0.2, 0) is 16.0 Å². The Kier molecular flexibility index (Phi) is 5.35. The first kappa shape index (κ1) is 19.8. The van der Waals surface area contributed by atoms with E-state index in [-0.39, 0.29) is 11.5 Å². The van der Waals surface area contributed by atoms with Gasteiger partial charge in [-0.1, -0.05) is 6.07 Å². The fraction of sp³-hybridized carbons (Fsp3) is 0.286. The maximum Gasteiger partial charge on any atom is 0.417 e. The van der Waals surface area contributed by atoms with Gasteiger partial charge in [0.1, 0.15) is 0 Å². The number of aromatic amines is 1. The van der Waals surface area contributed by atoms with Crippen LogP contribution in [0, 0.1) is 17.6 Å². The summed E-state index contributed by atoms with van der Waals surface area (Å²) in [5.41, 5.74) is 1.83. The van der Waals surface area contributed by atoms with E-state index in [0.717, 1.165) is 6.07 Å². The predicted octanol–water partition coefficient (Wildman–Crippen LogP) is 2.82. The van der Waals surface area contributed by atoms with Crippen molar-refractivity contribution in [3.8, 4) is 0 Å². The molecule has 0 saturated carbocycles. The van der Waals surface area contributed by atoms with Crippen LogP contribution in [0.5, 0.6) is 0 Å². The number of rotatable bonds is 3. The van der Waals surface area contributed by atoms with Crippen LogP contribution in [0.3, 0.4) is 0 Å². The average molecular weight is 415 g/mol. The van der Waals surface area contributed by atoms with Crippen LogP contribution in [0.25, 0.3) is 11.1 Å². The van der Waals surface area contributed by atoms with Crippen molar-refractivity contribution in [3.05, 3.63) is 64.1 Å². The summed E-state index contributed by atoms with van der Waals surface area (Å²) in [6.07, 6.45) is 1.92. The third-order valence-electron chi connectivity index (χ3n) is 5.28. The molecule has 1 aliphatic heterocycles. The minimum absolute atomic E-state index is 0.223. The molecule has 0 spiro atoms. The number of benzene rings is 2. The molecule has 1 saturated heterocycles. The number of aromatic nitrogens is 1. The number of amides is 2. The SMILES string of the molecule is O=C(Nc1ccc2[nH]c(=O)oc2c1)C(=O)N1CCC(Cc2ccc(F)c(F)c2)CC1. The summed E-state index contributed by atoms with van der Waals surface area (Å²) in [4.78, 5) is 39.9. The number of nitrogens with zero attached hydrogens (tertiary/aromatic N) is 1. The van der Waals surface area contributed by atoms with Crippen LogP contribution < -0.4 is 11.1 Å². The van der Waals surface area contributed by atoms with Crippen molar-refractivity contribution in [2.24, 2.45) is 5.92 Å². The lowest BCUT2D eigenvalue weighted by Crippen LogP contribution is -2.44. The first-order valence-corrected chi connectivity index (χ1v) is 9.56. The number of nitrogens with one attached hydrogen (secondary N) is 2. The molecule has 2 aromatic carbocycles. The van der Waals surface area contributed by atoms with Gasteiger partial charge in [-0.05, 0) is 55.0 Å². The zero-order valence-corrected chi connectivity index (χ0v) is 15.9. The summed E-state index contributed by atoms with van der Waals surface area (Å²) >= 11 is 0. The Morgan fingerprint density at radius 1 is 1.10 bits per heavy atom. The third kappa shape index (κ3) is 4.24. The number of carbonyl (C=O) groups excluding carboxylic acids is 2. The van der Waals surface area contributed by atoms with Crippen LogP contribution in [0.15, 0.2) is 45.6 Å². The van der Waals surface area contributed by atoms with E-state index in [1.807, 2.05) is 0 Å². The van der Waals surface area contributed by atoms with E-state index in [2.05, 4.69) is 10.3 Å². The first-order valence-electron chi connectivity index (χ1n) is 9.56. The maximum atomic E-state index is 13.4. The lowest BCUT2D eigenvalue weighted by Gasteiger charge is -2.31. The van der Waals surface area contributed by atoms with Crippen molar-refractivity contribution in [1.29, 1.82) is 0 Å². The number of hydrogen-bond acceptors (Lipinski definition) is 4.